The highest BCUT2D eigenvalue weighted by molar-refractivity contribution is 6.32. The van der Waals surface area contributed by atoms with E-state index in [1.165, 1.54) is 51.4 Å². The maximum atomic E-state index is 14.0. The Bertz CT molecular complexity index is 2890. The normalized spacial score (nSPS) is 25.8. The molecule has 0 unspecified atom stereocenters. The molecule has 12 heteroatoms. The first-order valence-electron chi connectivity index (χ1n) is 36.2. The van der Waals surface area contributed by atoms with Gasteiger partial charge >= 0.3 is 0 Å². The Morgan fingerprint density at radius 2 is 0.375 bits per heavy atom. The molecule has 6 fully saturated rings. The van der Waals surface area contributed by atoms with Crippen LogP contribution in [0.15, 0.2) is 72.8 Å². The van der Waals surface area contributed by atoms with Gasteiger partial charge in [-0.05, 0) is 256 Å². The van der Waals surface area contributed by atoms with Crippen molar-refractivity contribution in [1.29, 1.82) is 0 Å². The van der Waals surface area contributed by atoms with Gasteiger partial charge in [-0.2, -0.15) is 0 Å². The Labute approximate surface area is 601 Å². The summed E-state index contributed by atoms with van der Waals surface area (Å²) in [7, 11) is 0. The molecule has 6 saturated carbocycles. The van der Waals surface area contributed by atoms with Crippen molar-refractivity contribution in [3.05, 3.63) is 206 Å². The van der Waals surface area contributed by atoms with E-state index in [4.69, 9.17) is 46.4 Å². The van der Waals surface area contributed by atoms with Gasteiger partial charge in [-0.3, -0.25) is 0 Å². The molecule has 0 atom stereocenters. The van der Waals surface area contributed by atoms with E-state index in [0.717, 1.165) is 172 Å². The highest BCUT2D eigenvalue weighted by Gasteiger charge is 2.30. The van der Waals surface area contributed by atoms with Gasteiger partial charge in [0.1, 0.15) is 23.3 Å². The van der Waals surface area contributed by atoms with Gasteiger partial charge in [0.2, 0.25) is 0 Å². The van der Waals surface area contributed by atoms with Crippen LogP contribution in [0.3, 0.4) is 0 Å². The summed E-state index contributed by atoms with van der Waals surface area (Å²) in [5, 5.41) is 1.30. The quantitative estimate of drug-likeness (QED) is 0.146. The number of benzene rings is 6. The molecule has 0 nitrogen and oxygen atoms in total. The first-order chi connectivity index (χ1) is 45.6. The van der Waals surface area contributed by atoms with Gasteiger partial charge < -0.3 is 0 Å². The van der Waals surface area contributed by atoms with Crippen LogP contribution in [0.4, 0.5) is 35.1 Å². The fourth-order valence-corrected chi connectivity index (χ4v) is 16.4. The van der Waals surface area contributed by atoms with Crippen molar-refractivity contribution in [1.82, 2.24) is 0 Å². The first kappa shape index (κ1) is 79.2. The molecule has 0 saturated heterocycles. The largest absolute Gasteiger partial charge is 0.205 e. The van der Waals surface area contributed by atoms with E-state index in [9.17, 15) is 35.1 Å². The monoisotopic (exact) mass is 1420 g/mol. The summed E-state index contributed by atoms with van der Waals surface area (Å²) < 4.78 is 110. The predicted octanol–water partition coefficient (Wildman–Crippen LogP) is 30.9. The van der Waals surface area contributed by atoms with Gasteiger partial charge in [0.15, 0.2) is 23.3 Å². The highest BCUT2D eigenvalue weighted by atomic mass is 35.5. The molecule has 0 bridgehead atoms. The third-order valence-electron chi connectivity index (χ3n) is 22.6. The van der Waals surface area contributed by atoms with Crippen molar-refractivity contribution in [2.24, 2.45) is 35.5 Å². The second kappa shape index (κ2) is 37.6. The third-order valence-corrected chi connectivity index (χ3v) is 24.3. The average Bonchev–Trinajstić information content (AvgIpc) is 0.859. The molecule has 0 N–H and O–H groups in total. The van der Waals surface area contributed by atoms with Gasteiger partial charge in [0, 0.05) is 8.56 Å². The lowest BCUT2D eigenvalue weighted by atomic mass is 9.79. The molecule has 6 aromatic carbocycles. The van der Waals surface area contributed by atoms with E-state index in [-0.39, 0.29) is 43.7 Å². The van der Waals surface area contributed by atoms with Crippen LogP contribution >= 0.6 is 46.4 Å². The fourth-order valence-electron chi connectivity index (χ4n) is 15.3. The van der Waals surface area contributed by atoms with Crippen LogP contribution in [0.2, 0.25) is 20.1 Å². The summed E-state index contributed by atoms with van der Waals surface area (Å²) in [5.41, 5.74) is 8.54. The highest BCUT2D eigenvalue weighted by Crippen LogP contribution is 2.45. The van der Waals surface area contributed by atoms with Crippen LogP contribution in [0.5, 0.6) is 0 Å². The lowest BCUT2D eigenvalue weighted by molar-refractivity contribution is 0.339. The van der Waals surface area contributed by atoms with Crippen LogP contribution in [-0.2, 0) is 0 Å². The van der Waals surface area contributed by atoms with Gasteiger partial charge in [-0.1, -0.05) is 238 Å². The lowest BCUT2D eigenvalue weighted by Crippen LogP contribution is -2.13. The molecule has 0 spiro atoms. The Balaban J connectivity index is 0.000000605. The molecule has 0 radical (unpaired) electrons. The fraction of sp³-hybridized carbons (Fsp3) is 0.571. The molecule has 6 aliphatic carbocycles. The van der Waals surface area contributed by atoms with Crippen molar-refractivity contribution in [3.8, 4) is 0 Å². The first-order valence-corrected chi connectivity index (χ1v) is 37.7. The molecule has 6 aromatic rings. The summed E-state index contributed by atoms with van der Waals surface area (Å²) in [6.45, 7) is 24.0. The molecule has 0 heterocycles. The van der Waals surface area contributed by atoms with Gasteiger partial charge in [-0.15, -0.1) is 0 Å². The van der Waals surface area contributed by atoms with E-state index >= 15 is 0 Å². The summed E-state index contributed by atoms with van der Waals surface area (Å²) >= 11 is 24.1. The van der Waals surface area contributed by atoms with Gasteiger partial charge in [0.25, 0.3) is 0 Å². The molecule has 6 aliphatic rings. The second-order valence-corrected chi connectivity index (χ2v) is 31.9. The minimum absolute atomic E-state index is 0. The molecular formula is C84H120Cl4F8. The van der Waals surface area contributed by atoms with E-state index in [2.05, 4.69) is 41.5 Å². The standard InChI is InChI=1S/4C14H18ClF.2C14H18F2.6H2/c2*1-9-3-6-11(7-4-9)12-8-5-10(2)14(16)13(12)15;4*1-9-3-6-11(7-4-9)12-8-5-10(2)13(15)14(12)16;;;;;;/h6*5,8-9,11H,3-4,6-7H2,1-2H3;6*1H. The second-order valence-electron chi connectivity index (χ2n) is 30.3. The summed E-state index contributed by atoms with van der Waals surface area (Å²) in [6, 6.07) is 22.3. The zero-order chi connectivity index (χ0) is 70.2. The van der Waals surface area contributed by atoms with Crippen molar-refractivity contribution in [3.63, 3.8) is 0 Å². The number of halogens is 12. The molecule has 540 valence electrons. The van der Waals surface area contributed by atoms with Crippen LogP contribution in [0, 0.1) is 124 Å². The molecule has 0 amide bonds. The summed E-state index contributed by atoms with van der Waals surface area (Å²) in [6.07, 6.45) is 27.1. The van der Waals surface area contributed by atoms with Crippen LogP contribution in [0.25, 0.3) is 0 Å². The lowest BCUT2D eigenvalue weighted by Gasteiger charge is -2.27. The Kier molecular flexibility index (Phi) is 31.0. The van der Waals surface area contributed by atoms with Gasteiger partial charge in [-0.25, -0.2) is 35.1 Å². The van der Waals surface area contributed by atoms with Crippen LogP contribution in [0.1, 0.15) is 306 Å². The maximum Gasteiger partial charge on any atom is 0.162 e. The minimum atomic E-state index is -0.670. The Morgan fingerprint density at radius 1 is 0.208 bits per heavy atom. The smallest absolute Gasteiger partial charge is 0.162 e. The van der Waals surface area contributed by atoms with E-state index in [1.807, 2.05) is 62.4 Å². The van der Waals surface area contributed by atoms with Crippen molar-refractivity contribution < 1.29 is 43.7 Å². The van der Waals surface area contributed by atoms with Crippen molar-refractivity contribution >= 4 is 46.4 Å². The molecule has 0 aromatic heterocycles. The van der Waals surface area contributed by atoms with E-state index < -0.39 is 23.3 Å². The molecule has 0 aliphatic heterocycles. The van der Waals surface area contributed by atoms with Crippen LogP contribution < -0.4 is 0 Å². The minimum Gasteiger partial charge on any atom is -0.205 e. The number of aryl methyl sites for hydroxylation is 6. The third kappa shape index (κ3) is 21.5. The van der Waals surface area contributed by atoms with Crippen molar-refractivity contribution in [2.45, 2.75) is 273 Å². The SMILES string of the molecule is Cc1ccc(C2CCC(C)CC2)c(Cl)c1F.Cc1ccc(C2CCC(C)CC2)c(Cl)c1F.Cc1ccc(C2CCC(C)CC2)c(F)c1Cl.Cc1ccc(C2CCC(C)CC2)c(F)c1Cl.Cc1ccc(C2CCC(C)CC2)c(F)c1F.Cc1ccc(C2CCC(C)CC2)c(F)c1F.[HH].[HH].[HH].[HH].[HH].[HH]. The molecule has 96 heavy (non-hydrogen) atoms. The van der Waals surface area contributed by atoms with Crippen LogP contribution in [-0.4, -0.2) is 0 Å². The zero-order valence-electron chi connectivity index (χ0n) is 59.4. The number of hydrogen-bond acceptors (Lipinski definition) is 0. The van der Waals surface area contributed by atoms with Crippen molar-refractivity contribution in [2.75, 3.05) is 0 Å². The summed E-state index contributed by atoms with van der Waals surface area (Å²) in [4.78, 5) is 0. The predicted molar refractivity (Wildman–Crippen MR) is 402 cm³/mol. The number of rotatable bonds is 6. The average molecular weight is 1420 g/mol. The Morgan fingerprint density at radius 3 is 0.594 bits per heavy atom. The van der Waals surface area contributed by atoms with E-state index in [0.29, 0.717) is 77.1 Å². The molecule has 12 rings (SSSR count). The number of hydrogen-bond donors (Lipinski definition) is 0. The maximum absolute atomic E-state index is 14.0. The topological polar surface area (TPSA) is 0 Å². The zero-order valence-corrected chi connectivity index (χ0v) is 62.4. The summed E-state index contributed by atoms with van der Waals surface area (Å²) in [5.74, 6) is 3.29. The van der Waals surface area contributed by atoms with Gasteiger partial charge in [0.05, 0.1) is 20.1 Å². The molecular weight excluding hydrogens is 1300 g/mol. The van der Waals surface area contributed by atoms with E-state index in [1.54, 1.807) is 52.0 Å². The Hall–Kier alpha value is -4.08.